The minimum absolute atomic E-state index is 0.120. The summed E-state index contributed by atoms with van der Waals surface area (Å²) in [6.45, 7) is 5.81. The van der Waals surface area contributed by atoms with E-state index in [0.717, 1.165) is 18.5 Å². The predicted molar refractivity (Wildman–Crippen MR) is 104 cm³/mol. The van der Waals surface area contributed by atoms with E-state index in [1.54, 1.807) is 0 Å². The molecule has 156 valence electrons. The lowest BCUT2D eigenvalue weighted by Gasteiger charge is -2.43. The zero-order valence-electron chi connectivity index (χ0n) is 16.7. The summed E-state index contributed by atoms with van der Waals surface area (Å²) in [4.78, 5) is 16.8. The van der Waals surface area contributed by atoms with Crippen molar-refractivity contribution >= 4 is 6.09 Å². The van der Waals surface area contributed by atoms with Gasteiger partial charge in [-0.05, 0) is 38.7 Å². The third-order valence-corrected chi connectivity index (χ3v) is 6.00. The first kappa shape index (κ1) is 21.0. The first-order valence-electron chi connectivity index (χ1n) is 10.2. The van der Waals surface area contributed by atoms with Crippen LogP contribution in [0, 0.1) is 0 Å². The van der Waals surface area contributed by atoms with Crippen LogP contribution in [-0.2, 0) is 11.3 Å². The summed E-state index contributed by atoms with van der Waals surface area (Å²) in [5.41, 5.74) is 6.82. The summed E-state index contributed by atoms with van der Waals surface area (Å²) in [6.07, 6.45) is 0.815. The number of carbonyl (C=O) groups excluding carboxylic acids is 1. The fraction of sp³-hybridized carbons (Fsp3) is 0.667. The number of nitrogens with zero attached hydrogens (tertiary/aromatic N) is 2. The molecule has 0 spiro atoms. The summed E-state index contributed by atoms with van der Waals surface area (Å²) in [7, 11) is 0. The molecule has 7 heteroatoms. The normalized spacial score (nSPS) is 27.7. The Hall–Kier alpha value is -1.73. The van der Waals surface area contributed by atoms with Crippen molar-refractivity contribution in [3.05, 3.63) is 35.9 Å². The van der Waals surface area contributed by atoms with E-state index in [2.05, 4.69) is 18.7 Å². The van der Waals surface area contributed by atoms with E-state index in [1.165, 1.54) is 4.90 Å². The molecule has 1 heterocycles. The summed E-state index contributed by atoms with van der Waals surface area (Å²) in [6, 6.07) is 7.49. The Morgan fingerprint density at radius 1 is 1.32 bits per heavy atom. The highest BCUT2D eigenvalue weighted by atomic mass is 19.3. The average Bonchev–Trinajstić information content (AvgIpc) is 3.14. The van der Waals surface area contributed by atoms with Crippen molar-refractivity contribution in [2.24, 2.45) is 5.73 Å². The van der Waals surface area contributed by atoms with Gasteiger partial charge in [0, 0.05) is 31.6 Å². The number of nitrogens with two attached hydrogens (primary N) is 1. The van der Waals surface area contributed by atoms with Crippen molar-refractivity contribution in [2.45, 2.75) is 76.2 Å². The van der Waals surface area contributed by atoms with Crippen molar-refractivity contribution in [1.82, 2.24) is 9.80 Å². The zero-order chi connectivity index (χ0) is 20.3. The molecule has 1 saturated carbocycles. The van der Waals surface area contributed by atoms with Crippen LogP contribution in [0.25, 0.3) is 0 Å². The highest BCUT2D eigenvalue weighted by molar-refractivity contribution is 5.69. The molecule has 0 aromatic heterocycles. The number of hydrogen-bond donors (Lipinski definition) is 1. The minimum atomic E-state index is -2.96. The smallest absolute Gasteiger partial charge is 0.410 e. The maximum atomic E-state index is 14.3. The molecule has 2 fully saturated rings. The average molecular weight is 395 g/mol. The first-order valence-corrected chi connectivity index (χ1v) is 10.2. The van der Waals surface area contributed by atoms with Crippen LogP contribution < -0.4 is 5.73 Å². The van der Waals surface area contributed by atoms with Crippen molar-refractivity contribution in [1.29, 1.82) is 0 Å². The maximum Gasteiger partial charge on any atom is 0.410 e. The number of rotatable bonds is 5. The van der Waals surface area contributed by atoms with Crippen molar-refractivity contribution in [3.63, 3.8) is 0 Å². The minimum Gasteiger partial charge on any atom is -0.445 e. The van der Waals surface area contributed by atoms with Gasteiger partial charge < -0.3 is 10.5 Å². The molecule has 2 N–H and O–H groups in total. The second-order valence-corrected chi connectivity index (χ2v) is 8.23. The summed E-state index contributed by atoms with van der Waals surface area (Å²) >= 11 is 0. The van der Waals surface area contributed by atoms with Crippen LogP contribution in [0.5, 0.6) is 0 Å². The van der Waals surface area contributed by atoms with Crippen LogP contribution in [0.4, 0.5) is 13.6 Å². The van der Waals surface area contributed by atoms with Gasteiger partial charge in [-0.3, -0.25) is 9.80 Å². The number of likely N-dealkylation sites (tertiary alicyclic amines) is 1. The third kappa shape index (κ3) is 4.63. The summed E-state index contributed by atoms with van der Waals surface area (Å²) in [5, 5.41) is 0. The molecule has 3 atom stereocenters. The molecule has 1 amide bonds. The van der Waals surface area contributed by atoms with Gasteiger partial charge in [0.15, 0.2) is 0 Å². The molecule has 28 heavy (non-hydrogen) atoms. The second-order valence-electron chi connectivity index (χ2n) is 8.23. The maximum absolute atomic E-state index is 14.3. The first-order chi connectivity index (χ1) is 13.3. The summed E-state index contributed by atoms with van der Waals surface area (Å²) in [5.74, 6) is -2.96. The van der Waals surface area contributed by atoms with Gasteiger partial charge in [-0.1, -0.05) is 30.3 Å². The number of alkyl halides is 2. The Balaban J connectivity index is 1.77. The van der Waals surface area contributed by atoms with E-state index in [1.807, 2.05) is 30.3 Å². The van der Waals surface area contributed by atoms with Gasteiger partial charge in [-0.2, -0.15) is 0 Å². The van der Waals surface area contributed by atoms with Crippen LogP contribution in [0.3, 0.4) is 0 Å². The zero-order valence-corrected chi connectivity index (χ0v) is 16.7. The second kappa shape index (κ2) is 8.74. The van der Waals surface area contributed by atoms with Crippen LogP contribution in [0.2, 0.25) is 0 Å². The number of halogens is 2. The molecule has 1 aliphatic heterocycles. The van der Waals surface area contributed by atoms with E-state index >= 15 is 0 Å². The SMILES string of the molecule is CC(C)N1CC[C@H](N(C(=O)OCc2ccccc2)[C@H]2CCCC(F)(F)[C@@H]2N)C1. The van der Waals surface area contributed by atoms with Gasteiger partial charge >= 0.3 is 6.09 Å². The Labute approximate surface area is 165 Å². The van der Waals surface area contributed by atoms with Gasteiger partial charge in [0.1, 0.15) is 6.61 Å². The number of benzene rings is 1. The Bertz CT molecular complexity index is 656. The highest BCUT2D eigenvalue weighted by Crippen LogP contribution is 2.36. The Morgan fingerprint density at radius 3 is 2.68 bits per heavy atom. The lowest BCUT2D eigenvalue weighted by Crippen LogP contribution is -2.62. The van der Waals surface area contributed by atoms with E-state index in [9.17, 15) is 13.6 Å². The van der Waals surface area contributed by atoms with Gasteiger partial charge in [0.05, 0.1) is 12.1 Å². The molecule has 1 aromatic carbocycles. The molecule has 5 nitrogen and oxygen atoms in total. The molecule has 1 aromatic rings. The largest absolute Gasteiger partial charge is 0.445 e. The molecule has 3 rings (SSSR count). The Kier molecular flexibility index (Phi) is 6.55. The van der Waals surface area contributed by atoms with E-state index < -0.39 is 24.1 Å². The van der Waals surface area contributed by atoms with Crippen LogP contribution in [0.15, 0.2) is 30.3 Å². The molecule has 0 unspecified atom stereocenters. The van der Waals surface area contributed by atoms with Crippen LogP contribution in [-0.4, -0.2) is 59.1 Å². The quantitative estimate of drug-likeness (QED) is 0.827. The van der Waals surface area contributed by atoms with Gasteiger partial charge in [0.2, 0.25) is 0 Å². The van der Waals surface area contributed by atoms with Crippen LogP contribution in [0.1, 0.15) is 45.1 Å². The third-order valence-electron chi connectivity index (χ3n) is 6.00. The molecule has 0 radical (unpaired) electrons. The fourth-order valence-electron chi connectivity index (χ4n) is 4.30. The predicted octanol–water partition coefficient (Wildman–Crippen LogP) is 3.62. The number of carbonyl (C=O) groups is 1. The molecular formula is C21H31F2N3O2. The monoisotopic (exact) mass is 395 g/mol. The lowest BCUT2D eigenvalue weighted by molar-refractivity contribution is -0.0849. The van der Waals surface area contributed by atoms with Crippen molar-refractivity contribution < 1.29 is 18.3 Å². The Morgan fingerprint density at radius 2 is 2.04 bits per heavy atom. The highest BCUT2D eigenvalue weighted by Gasteiger charge is 2.50. The van der Waals surface area contributed by atoms with Crippen molar-refractivity contribution in [3.8, 4) is 0 Å². The molecule has 1 saturated heterocycles. The van der Waals surface area contributed by atoms with Gasteiger partial charge in [0.25, 0.3) is 5.92 Å². The van der Waals surface area contributed by atoms with E-state index in [4.69, 9.17) is 10.5 Å². The number of ether oxygens (including phenoxy) is 1. The van der Waals surface area contributed by atoms with Crippen molar-refractivity contribution in [2.75, 3.05) is 13.1 Å². The van der Waals surface area contributed by atoms with Crippen LogP contribution >= 0.6 is 0 Å². The standard InChI is InChI=1S/C21H31F2N3O2/c1-15(2)25-12-10-17(13-25)26(18-9-6-11-21(22,23)19(18)24)20(27)28-14-16-7-4-3-5-8-16/h3-5,7-8,15,17-19H,6,9-14,24H2,1-2H3/t17-,18-,19+/m0/s1. The number of amides is 1. The molecule has 2 aliphatic rings. The molecular weight excluding hydrogens is 364 g/mol. The summed E-state index contributed by atoms with van der Waals surface area (Å²) < 4.78 is 34.1. The van der Waals surface area contributed by atoms with E-state index in [-0.39, 0.29) is 19.1 Å². The molecule has 1 aliphatic carbocycles. The fourth-order valence-corrected chi connectivity index (χ4v) is 4.30. The van der Waals surface area contributed by atoms with E-state index in [0.29, 0.717) is 25.4 Å². The van der Waals surface area contributed by atoms with Gasteiger partial charge in [-0.15, -0.1) is 0 Å². The molecule has 0 bridgehead atoms. The topological polar surface area (TPSA) is 58.8 Å². The van der Waals surface area contributed by atoms with Gasteiger partial charge in [-0.25, -0.2) is 13.6 Å². The lowest BCUT2D eigenvalue weighted by atomic mass is 9.86. The number of hydrogen-bond acceptors (Lipinski definition) is 4.